The molecule has 5 N–H and O–H groups in total. The van der Waals surface area contributed by atoms with Crippen LogP contribution < -0.4 is 26.4 Å². The molecule has 1 heterocycles. The molecule has 9 nitrogen and oxygen atoms in total. The number of Topliss-reactive ketones (excluding diaryl/α,β-unsaturated/α-hetero) is 1. The number of benzene rings is 2. The number of anilines is 4. The van der Waals surface area contributed by atoms with E-state index in [0.717, 1.165) is 5.69 Å². The Bertz CT molecular complexity index is 1340. The van der Waals surface area contributed by atoms with E-state index in [1.54, 1.807) is 18.3 Å². The van der Waals surface area contributed by atoms with Crippen LogP contribution in [0.2, 0.25) is 10.0 Å². The van der Waals surface area contributed by atoms with Gasteiger partial charge in [0.25, 0.3) is 5.91 Å². The fourth-order valence-electron chi connectivity index (χ4n) is 3.18. The second kappa shape index (κ2) is 14.0. The molecule has 0 saturated carbocycles. The topological polar surface area (TPSA) is 131 Å². The molecule has 3 aromatic rings. The Morgan fingerprint density at radius 2 is 1.95 bits per heavy atom. The molecule has 3 rings (SSSR count). The molecule has 0 aliphatic carbocycles. The van der Waals surface area contributed by atoms with E-state index >= 15 is 0 Å². The number of nitrogens with zero attached hydrogens (tertiary/aromatic N) is 2. The molecule has 0 atom stereocenters. The van der Waals surface area contributed by atoms with Gasteiger partial charge in [-0.3, -0.25) is 9.59 Å². The van der Waals surface area contributed by atoms with Gasteiger partial charge in [0.1, 0.15) is 16.6 Å². The summed E-state index contributed by atoms with van der Waals surface area (Å²) in [4.78, 5) is 33.3. The van der Waals surface area contributed by atoms with Crippen molar-refractivity contribution in [1.29, 1.82) is 0 Å². The van der Waals surface area contributed by atoms with E-state index in [1.807, 2.05) is 19.1 Å². The Hall–Kier alpha value is -3.34. The number of nitrogen functional groups attached to an aromatic ring is 1. The molecule has 0 aliphatic heterocycles. The van der Waals surface area contributed by atoms with Crippen molar-refractivity contribution in [2.45, 2.75) is 19.8 Å². The molecule has 0 spiro atoms. The number of ketones is 1. The molecule has 1 aromatic heterocycles. The van der Waals surface area contributed by atoms with Gasteiger partial charge in [-0.1, -0.05) is 42.8 Å². The van der Waals surface area contributed by atoms with Crippen LogP contribution in [-0.2, 0) is 4.79 Å². The van der Waals surface area contributed by atoms with Crippen molar-refractivity contribution < 1.29 is 14.3 Å². The number of nitrogens with two attached hydrogens (primary N) is 1. The van der Waals surface area contributed by atoms with Crippen LogP contribution in [-0.4, -0.2) is 41.4 Å². The van der Waals surface area contributed by atoms with Crippen LogP contribution >= 0.6 is 39.1 Å². The van der Waals surface area contributed by atoms with E-state index in [0.29, 0.717) is 53.4 Å². The predicted molar refractivity (Wildman–Crippen MR) is 156 cm³/mol. The number of hydrogen-bond acceptors (Lipinski definition) is 8. The van der Waals surface area contributed by atoms with Crippen molar-refractivity contribution in [3.8, 4) is 5.75 Å². The summed E-state index contributed by atoms with van der Waals surface area (Å²) in [5.41, 5.74) is 7.89. The minimum absolute atomic E-state index is 0.0670. The molecule has 12 heteroatoms. The number of rotatable bonds is 13. The third kappa shape index (κ3) is 8.08. The number of hydrogen-bond donors (Lipinski definition) is 4. The van der Waals surface area contributed by atoms with Crippen LogP contribution in [0.3, 0.4) is 0 Å². The fourth-order valence-corrected chi connectivity index (χ4v) is 3.98. The average molecular weight is 622 g/mol. The number of amides is 1. The predicted octanol–water partition coefficient (Wildman–Crippen LogP) is 6.02. The maximum Gasteiger partial charge on any atom is 0.257 e. The first-order valence-corrected chi connectivity index (χ1v) is 13.2. The maximum atomic E-state index is 12.3. The molecule has 1 amide bonds. The zero-order chi connectivity index (χ0) is 27.7. The Kier molecular flexibility index (Phi) is 10.8. The quantitative estimate of drug-likeness (QED) is 0.0789. The molecule has 200 valence electrons. The number of carbonyl (C=O) groups excluding carboxylic acids is 2. The van der Waals surface area contributed by atoms with Gasteiger partial charge in [0.05, 0.1) is 9.50 Å². The fraction of sp³-hybridized carbons (Fsp3) is 0.231. The first kappa shape index (κ1) is 29.2. The summed E-state index contributed by atoms with van der Waals surface area (Å²) in [5, 5.41) is 9.23. The van der Waals surface area contributed by atoms with Crippen LogP contribution in [0.15, 0.2) is 59.2 Å². The van der Waals surface area contributed by atoms with Crippen molar-refractivity contribution in [1.82, 2.24) is 15.3 Å². The summed E-state index contributed by atoms with van der Waals surface area (Å²) in [7, 11) is 0. The molecule has 0 unspecified atom stereocenters. The standard InChI is InChI=1S/C26H27BrCl2N6O3/c1-3-15(2)24(37)18-8-9-20(23(29)22(18)28)38-14-21(36)31-10-5-11-32-25-19(27)13-33-26(35-25)34-17-7-4-6-16(30)12-17/h4,6-9,12-13H,2-3,5,10-11,14,30H2,1H3,(H,31,36)(H2,32,33,34,35). The third-order valence-electron chi connectivity index (χ3n) is 5.25. The van der Waals surface area contributed by atoms with Gasteiger partial charge in [-0.05, 0) is 64.7 Å². The van der Waals surface area contributed by atoms with E-state index < -0.39 is 0 Å². The van der Waals surface area contributed by atoms with Gasteiger partial charge in [0.2, 0.25) is 5.95 Å². The number of nitrogens with one attached hydrogen (secondary N) is 3. The third-order valence-corrected chi connectivity index (χ3v) is 6.70. The normalized spacial score (nSPS) is 10.5. The lowest BCUT2D eigenvalue weighted by molar-refractivity contribution is -0.123. The maximum absolute atomic E-state index is 12.3. The van der Waals surface area contributed by atoms with Crippen LogP contribution in [0.25, 0.3) is 0 Å². The number of halogens is 3. The van der Waals surface area contributed by atoms with Crippen LogP contribution in [0.1, 0.15) is 30.1 Å². The summed E-state index contributed by atoms with van der Waals surface area (Å²) in [6.07, 6.45) is 2.77. The van der Waals surface area contributed by atoms with Gasteiger partial charge in [-0.25, -0.2) is 4.98 Å². The van der Waals surface area contributed by atoms with Crippen molar-refractivity contribution >= 4 is 74.0 Å². The van der Waals surface area contributed by atoms with Gasteiger partial charge in [-0.15, -0.1) is 0 Å². The molecular weight excluding hydrogens is 595 g/mol. The van der Waals surface area contributed by atoms with Crippen molar-refractivity contribution in [2.24, 2.45) is 0 Å². The SMILES string of the molecule is C=C(CC)C(=O)c1ccc(OCC(=O)NCCCNc2nc(Nc3cccc(N)c3)ncc2Br)c(Cl)c1Cl. The minimum Gasteiger partial charge on any atom is -0.482 e. The zero-order valence-electron chi connectivity index (χ0n) is 20.6. The molecule has 0 radical (unpaired) electrons. The lowest BCUT2D eigenvalue weighted by Crippen LogP contribution is -2.30. The molecule has 0 fully saturated rings. The summed E-state index contributed by atoms with van der Waals surface area (Å²) in [5.74, 6) is 0.632. The lowest BCUT2D eigenvalue weighted by atomic mass is 10.0. The second-order valence-corrected chi connectivity index (χ2v) is 9.70. The smallest absolute Gasteiger partial charge is 0.257 e. The second-order valence-electron chi connectivity index (χ2n) is 8.09. The van der Waals surface area contributed by atoms with Gasteiger partial charge in [-0.2, -0.15) is 4.98 Å². The van der Waals surface area contributed by atoms with Crippen LogP contribution in [0.4, 0.5) is 23.1 Å². The van der Waals surface area contributed by atoms with E-state index in [-0.39, 0.29) is 39.7 Å². The monoisotopic (exact) mass is 620 g/mol. The van der Waals surface area contributed by atoms with Gasteiger partial charge in [0, 0.05) is 36.2 Å². The van der Waals surface area contributed by atoms with E-state index in [1.165, 1.54) is 12.1 Å². The highest BCUT2D eigenvalue weighted by Crippen LogP contribution is 2.35. The highest BCUT2D eigenvalue weighted by Gasteiger charge is 2.18. The van der Waals surface area contributed by atoms with Crippen molar-refractivity contribution in [3.05, 3.63) is 74.8 Å². The van der Waals surface area contributed by atoms with Crippen LogP contribution in [0, 0.1) is 0 Å². The largest absolute Gasteiger partial charge is 0.482 e. The summed E-state index contributed by atoms with van der Waals surface area (Å²) in [6, 6.07) is 10.3. The van der Waals surface area contributed by atoms with E-state index in [9.17, 15) is 9.59 Å². The molecule has 0 bridgehead atoms. The molecule has 2 aromatic carbocycles. The summed E-state index contributed by atoms with van der Waals surface area (Å²) >= 11 is 15.9. The Morgan fingerprint density at radius 1 is 1.16 bits per heavy atom. The molecule has 0 aliphatic rings. The number of carbonyl (C=O) groups is 2. The van der Waals surface area contributed by atoms with E-state index in [4.69, 9.17) is 33.7 Å². The highest BCUT2D eigenvalue weighted by atomic mass is 79.9. The average Bonchev–Trinajstić information content (AvgIpc) is 2.90. The molecule has 0 saturated heterocycles. The van der Waals surface area contributed by atoms with E-state index in [2.05, 4.69) is 48.4 Å². The highest BCUT2D eigenvalue weighted by molar-refractivity contribution is 9.10. The summed E-state index contributed by atoms with van der Waals surface area (Å²) in [6.45, 7) is 6.26. The number of allylic oxidation sites excluding steroid dienone is 1. The lowest BCUT2D eigenvalue weighted by Gasteiger charge is -2.13. The van der Waals surface area contributed by atoms with Gasteiger partial charge in [0.15, 0.2) is 12.4 Å². The first-order chi connectivity index (χ1) is 18.2. The Morgan fingerprint density at radius 3 is 2.68 bits per heavy atom. The van der Waals surface area contributed by atoms with Gasteiger partial charge >= 0.3 is 0 Å². The minimum atomic E-state index is -0.325. The zero-order valence-corrected chi connectivity index (χ0v) is 23.7. The van der Waals surface area contributed by atoms with Gasteiger partial charge < -0.3 is 26.4 Å². The van der Waals surface area contributed by atoms with Crippen molar-refractivity contribution in [3.63, 3.8) is 0 Å². The molecule has 38 heavy (non-hydrogen) atoms. The Balaban J connectivity index is 1.43. The van der Waals surface area contributed by atoms with Crippen molar-refractivity contribution in [2.75, 3.05) is 36.1 Å². The molecular formula is C26H27BrCl2N6O3. The summed E-state index contributed by atoms with van der Waals surface area (Å²) < 4.78 is 6.20. The number of aromatic nitrogens is 2. The first-order valence-electron chi connectivity index (χ1n) is 11.7. The number of ether oxygens (including phenoxy) is 1. The Labute approximate surface area is 239 Å². The van der Waals surface area contributed by atoms with Crippen LogP contribution in [0.5, 0.6) is 5.75 Å².